The molecule has 13 heavy (non-hydrogen) atoms. The van der Waals surface area contributed by atoms with Crippen LogP contribution in [0.5, 0.6) is 0 Å². The van der Waals surface area contributed by atoms with Crippen molar-refractivity contribution in [2.75, 3.05) is 6.61 Å². The summed E-state index contributed by atoms with van der Waals surface area (Å²) < 4.78 is 4.57. The Morgan fingerprint density at radius 3 is 2.85 bits per heavy atom. The van der Waals surface area contributed by atoms with Gasteiger partial charge in [0.15, 0.2) is 6.61 Å². The average molecular weight is 199 g/mol. The van der Waals surface area contributed by atoms with Crippen LogP contribution in [0, 0.1) is 0 Å². The molecule has 1 heterocycles. The van der Waals surface area contributed by atoms with E-state index >= 15 is 0 Å². The standard InChI is InChI=1S/C8H9NO3S/c9-7(10)5-12-8(11)4-6-2-1-3-13-6/h1-3H,4-5H2,(H2,9,10). The highest BCUT2D eigenvalue weighted by Crippen LogP contribution is 2.09. The molecule has 0 aliphatic heterocycles. The molecule has 1 rings (SSSR count). The number of carbonyl (C=O) groups is 2. The minimum atomic E-state index is -0.639. The molecule has 0 saturated heterocycles. The number of esters is 1. The molecule has 0 fully saturated rings. The van der Waals surface area contributed by atoms with Crippen LogP contribution in [0.3, 0.4) is 0 Å². The highest BCUT2D eigenvalue weighted by molar-refractivity contribution is 7.10. The number of thiophene rings is 1. The molecule has 0 bridgehead atoms. The van der Waals surface area contributed by atoms with Crippen molar-refractivity contribution in [3.05, 3.63) is 22.4 Å². The van der Waals surface area contributed by atoms with Crippen LogP contribution in [0.4, 0.5) is 0 Å². The highest BCUT2D eigenvalue weighted by Gasteiger charge is 2.06. The summed E-state index contributed by atoms with van der Waals surface area (Å²) in [4.78, 5) is 22.2. The molecule has 70 valence electrons. The molecule has 4 nitrogen and oxygen atoms in total. The topological polar surface area (TPSA) is 69.4 Å². The van der Waals surface area contributed by atoms with E-state index in [-0.39, 0.29) is 13.0 Å². The van der Waals surface area contributed by atoms with Crippen LogP contribution in [-0.4, -0.2) is 18.5 Å². The van der Waals surface area contributed by atoms with Crippen molar-refractivity contribution in [1.29, 1.82) is 0 Å². The number of hydrogen-bond donors (Lipinski definition) is 1. The monoisotopic (exact) mass is 199 g/mol. The fraction of sp³-hybridized carbons (Fsp3) is 0.250. The molecule has 1 aromatic rings. The molecule has 0 aromatic carbocycles. The molecular formula is C8H9NO3S. The van der Waals surface area contributed by atoms with E-state index < -0.39 is 11.9 Å². The van der Waals surface area contributed by atoms with E-state index in [1.807, 2.05) is 17.5 Å². The third kappa shape index (κ3) is 3.71. The Labute approximate surface area is 79.3 Å². The largest absolute Gasteiger partial charge is 0.455 e. The van der Waals surface area contributed by atoms with Crippen LogP contribution < -0.4 is 5.73 Å². The minimum Gasteiger partial charge on any atom is -0.455 e. The Kier molecular flexibility index (Phi) is 3.45. The fourth-order valence-electron chi connectivity index (χ4n) is 0.758. The molecule has 1 amide bonds. The Hall–Kier alpha value is -1.36. The first kappa shape index (κ1) is 9.73. The van der Waals surface area contributed by atoms with Crippen molar-refractivity contribution in [2.24, 2.45) is 5.73 Å². The predicted octanol–water partition coefficient (Wildman–Crippen LogP) is 0.319. The molecule has 2 N–H and O–H groups in total. The zero-order valence-electron chi connectivity index (χ0n) is 6.86. The number of ether oxygens (including phenoxy) is 1. The van der Waals surface area contributed by atoms with Gasteiger partial charge in [-0.05, 0) is 11.4 Å². The third-order valence-corrected chi connectivity index (χ3v) is 2.15. The van der Waals surface area contributed by atoms with Crippen molar-refractivity contribution in [3.63, 3.8) is 0 Å². The average Bonchev–Trinajstić information content (AvgIpc) is 2.53. The normalized spacial score (nSPS) is 9.54. The first-order valence-corrected chi connectivity index (χ1v) is 4.53. The van der Waals surface area contributed by atoms with Gasteiger partial charge < -0.3 is 10.5 Å². The number of carbonyl (C=O) groups excluding carboxylic acids is 2. The van der Waals surface area contributed by atoms with Gasteiger partial charge in [-0.3, -0.25) is 9.59 Å². The number of amides is 1. The zero-order valence-corrected chi connectivity index (χ0v) is 7.67. The zero-order chi connectivity index (χ0) is 9.68. The molecule has 0 aliphatic rings. The molecule has 0 atom stereocenters. The number of primary amides is 1. The Morgan fingerprint density at radius 1 is 1.54 bits per heavy atom. The van der Waals surface area contributed by atoms with Crippen LogP contribution in [0.1, 0.15) is 4.88 Å². The van der Waals surface area contributed by atoms with Gasteiger partial charge in [-0.2, -0.15) is 0 Å². The van der Waals surface area contributed by atoms with Gasteiger partial charge in [0.2, 0.25) is 0 Å². The van der Waals surface area contributed by atoms with Crippen LogP contribution in [0.25, 0.3) is 0 Å². The van der Waals surface area contributed by atoms with E-state index in [4.69, 9.17) is 5.73 Å². The molecule has 0 radical (unpaired) electrons. The van der Waals surface area contributed by atoms with Gasteiger partial charge in [-0.15, -0.1) is 11.3 Å². The summed E-state index contributed by atoms with van der Waals surface area (Å²) in [6.07, 6.45) is 0.199. The SMILES string of the molecule is NC(=O)COC(=O)Cc1cccs1. The minimum absolute atomic E-state index is 0.199. The van der Waals surface area contributed by atoms with E-state index in [1.54, 1.807) is 0 Å². The number of nitrogens with two attached hydrogens (primary N) is 1. The lowest BCUT2D eigenvalue weighted by Crippen LogP contribution is -2.21. The lowest BCUT2D eigenvalue weighted by molar-refractivity contribution is -0.147. The van der Waals surface area contributed by atoms with E-state index in [0.29, 0.717) is 0 Å². The lowest BCUT2D eigenvalue weighted by Gasteiger charge is -1.99. The molecule has 0 unspecified atom stereocenters. The maximum atomic E-state index is 11.0. The maximum Gasteiger partial charge on any atom is 0.311 e. The van der Waals surface area contributed by atoms with Gasteiger partial charge >= 0.3 is 5.97 Å². The van der Waals surface area contributed by atoms with Crippen LogP contribution in [0.15, 0.2) is 17.5 Å². The number of hydrogen-bond acceptors (Lipinski definition) is 4. The van der Waals surface area contributed by atoms with Crippen molar-refractivity contribution < 1.29 is 14.3 Å². The summed E-state index contributed by atoms with van der Waals surface area (Å²) in [7, 11) is 0. The first-order chi connectivity index (χ1) is 6.18. The van der Waals surface area contributed by atoms with Crippen LogP contribution >= 0.6 is 11.3 Å². The van der Waals surface area contributed by atoms with Crippen molar-refractivity contribution in [1.82, 2.24) is 0 Å². The molecule has 1 aromatic heterocycles. The van der Waals surface area contributed by atoms with Crippen LogP contribution in [0.2, 0.25) is 0 Å². The van der Waals surface area contributed by atoms with E-state index in [2.05, 4.69) is 4.74 Å². The summed E-state index contributed by atoms with van der Waals surface area (Å²) in [6, 6.07) is 3.68. The molecular weight excluding hydrogens is 190 g/mol. The van der Waals surface area contributed by atoms with Gasteiger partial charge in [0.05, 0.1) is 6.42 Å². The smallest absolute Gasteiger partial charge is 0.311 e. The fourth-order valence-corrected chi connectivity index (χ4v) is 1.45. The number of rotatable bonds is 4. The molecule has 0 spiro atoms. The van der Waals surface area contributed by atoms with Crippen LogP contribution in [-0.2, 0) is 20.7 Å². The first-order valence-electron chi connectivity index (χ1n) is 3.65. The summed E-state index contributed by atoms with van der Waals surface area (Å²) >= 11 is 1.47. The maximum absolute atomic E-state index is 11.0. The van der Waals surface area contributed by atoms with Gasteiger partial charge in [0.1, 0.15) is 0 Å². The Balaban J connectivity index is 2.30. The van der Waals surface area contributed by atoms with Crippen molar-refractivity contribution >= 4 is 23.2 Å². The van der Waals surface area contributed by atoms with Crippen molar-refractivity contribution in [3.8, 4) is 0 Å². The molecule has 0 aliphatic carbocycles. The van der Waals surface area contributed by atoms with Gasteiger partial charge in [0.25, 0.3) is 5.91 Å². The third-order valence-electron chi connectivity index (χ3n) is 1.27. The van der Waals surface area contributed by atoms with E-state index in [0.717, 1.165) is 4.88 Å². The van der Waals surface area contributed by atoms with E-state index in [9.17, 15) is 9.59 Å². The van der Waals surface area contributed by atoms with Gasteiger partial charge in [0, 0.05) is 4.88 Å². The molecule has 0 saturated carbocycles. The Bertz CT molecular complexity index is 294. The quantitative estimate of drug-likeness (QED) is 0.710. The summed E-state index contributed by atoms with van der Waals surface area (Å²) in [5.41, 5.74) is 4.80. The predicted molar refractivity (Wildman–Crippen MR) is 48.2 cm³/mol. The van der Waals surface area contributed by atoms with Crippen molar-refractivity contribution in [2.45, 2.75) is 6.42 Å². The second-order valence-electron chi connectivity index (χ2n) is 2.38. The summed E-state index contributed by atoms with van der Waals surface area (Å²) in [6.45, 7) is -0.343. The second-order valence-corrected chi connectivity index (χ2v) is 3.42. The molecule has 5 heteroatoms. The highest BCUT2D eigenvalue weighted by atomic mass is 32.1. The second kappa shape index (κ2) is 4.61. The lowest BCUT2D eigenvalue weighted by atomic mass is 10.3. The summed E-state index contributed by atoms with van der Waals surface area (Å²) in [5, 5.41) is 1.87. The van der Waals surface area contributed by atoms with Gasteiger partial charge in [-0.1, -0.05) is 6.07 Å². The Morgan fingerprint density at radius 2 is 2.31 bits per heavy atom. The van der Waals surface area contributed by atoms with E-state index in [1.165, 1.54) is 11.3 Å². The van der Waals surface area contributed by atoms with Gasteiger partial charge in [-0.25, -0.2) is 0 Å². The summed E-state index contributed by atoms with van der Waals surface area (Å²) in [5.74, 6) is -1.07.